The van der Waals surface area contributed by atoms with Crippen LogP contribution >= 0.6 is 0 Å². The minimum atomic E-state index is 0.453. The Balaban J connectivity index is 1.71. The first-order valence-electron chi connectivity index (χ1n) is 8.40. The van der Waals surface area contributed by atoms with Crippen LogP contribution in [0.1, 0.15) is 59.8 Å². The van der Waals surface area contributed by atoms with Crippen molar-refractivity contribution in [1.29, 1.82) is 0 Å². The van der Waals surface area contributed by atoms with Crippen LogP contribution in [0, 0.1) is 11.3 Å². The van der Waals surface area contributed by atoms with Crippen LogP contribution in [0.2, 0.25) is 0 Å². The lowest BCUT2D eigenvalue weighted by molar-refractivity contribution is 0.0882. The molecule has 2 heteroatoms. The largest absolute Gasteiger partial charge is 0.303 e. The third-order valence-corrected chi connectivity index (χ3v) is 4.84. The third-order valence-electron chi connectivity index (χ3n) is 4.84. The Labute approximate surface area is 120 Å². The van der Waals surface area contributed by atoms with Gasteiger partial charge in [-0.05, 0) is 63.6 Å². The summed E-state index contributed by atoms with van der Waals surface area (Å²) < 4.78 is 0. The maximum atomic E-state index is 2.76. The monoisotopic (exact) mass is 266 g/mol. The van der Waals surface area contributed by atoms with E-state index in [2.05, 4.69) is 37.5 Å². The minimum Gasteiger partial charge on any atom is -0.303 e. The summed E-state index contributed by atoms with van der Waals surface area (Å²) in [6, 6.07) is 0.835. The predicted molar refractivity (Wildman–Crippen MR) is 83.5 cm³/mol. The van der Waals surface area contributed by atoms with Crippen LogP contribution in [0.4, 0.5) is 0 Å². The van der Waals surface area contributed by atoms with Crippen LogP contribution in [-0.2, 0) is 0 Å². The fourth-order valence-corrected chi connectivity index (χ4v) is 3.76. The number of rotatable bonds is 3. The molecule has 0 spiro atoms. The van der Waals surface area contributed by atoms with Crippen molar-refractivity contribution in [2.24, 2.45) is 11.3 Å². The Hall–Kier alpha value is -0.0800. The van der Waals surface area contributed by atoms with Gasteiger partial charge in [-0.3, -0.25) is 0 Å². The first-order valence-corrected chi connectivity index (χ1v) is 8.40. The molecule has 19 heavy (non-hydrogen) atoms. The normalized spacial score (nSPS) is 28.7. The van der Waals surface area contributed by atoms with Gasteiger partial charge < -0.3 is 9.80 Å². The van der Waals surface area contributed by atoms with E-state index < -0.39 is 0 Å². The molecule has 0 radical (unpaired) electrons. The summed E-state index contributed by atoms with van der Waals surface area (Å²) >= 11 is 0. The van der Waals surface area contributed by atoms with Gasteiger partial charge in [0, 0.05) is 19.1 Å². The fourth-order valence-electron chi connectivity index (χ4n) is 3.76. The molecule has 2 aliphatic rings. The summed E-state index contributed by atoms with van der Waals surface area (Å²) in [5, 5.41) is 0. The van der Waals surface area contributed by atoms with Gasteiger partial charge in [0.15, 0.2) is 0 Å². The average molecular weight is 266 g/mol. The van der Waals surface area contributed by atoms with E-state index in [0.717, 1.165) is 12.0 Å². The number of hydrogen-bond donors (Lipinski definition) is 0. The van der Waals surface area contributed by atoms with Crippen LogP contribution in [0.25, 0.3) is 0 Å². The Morgan fingerprint density at radius 2 is 1.63 bits per heavy atom. The van der Waals surface area contributed by atoms with Crippen LogP contribution in [0.5, 0.6) is 0 Å². The van der Waals surface area contributed by atoms with E-state index in [4.69, 9.17) is 0 Å². The lowest BCUT2D eigenvalue weighted by Gasteiger charge is -2.40. The smallest absolute Gasteiger partial charge is 0.00670 e. The van der Waals surface area contributed by atoms with E-state index in [1.807, 2.05) is 0 Å². The molecule has 2 saturated heterocycles. The predicted octanol–water partition coefficient (Wildman–Crippen LogP) is 3.62. The number of likely N-dealkylation sites (tertiary alicyclic amines) is 2. The lowest BCUT2D eigenvalue weighted by Crippen LogP contribution is -2.45. The highest BCUT2D eigenvalue weighted by Crippen LogP contribution is 2.25. The van der Waals surface area contributed by atoms with Gasteiger partial charge in [0.1, 0.15) is 0 Å². The summed E-state index contributed by atoms with van der Waals surface area (Å²) in [5.41, 5.74) is 0.453. The van der Waals surface area contributed by atoms with Gasteiger partial charge in [-0.2, -0.15) is 0 Å². The SMILES string of the molecule is CC1CCCCN1CC1CCN(CC(C)(C)C)CC1. The topological polar surface area (TPSA) is 6.48 Å². The highest BCUT2D eigenvalue weighted by molar-refractivity contribution is 4.81. The first kappa shape index (κ1) is 15.3. The van der Waals surface area contributed by atoms with E-state index in [1.54, 1.807) is 0 Å². The Morgan fingerprint density at radius 3 is 2.21 bits per heavy atom. The molecule has 1 unspecified atom stereocenters. The highest BCUT2D eigenvalue weighted by atomic mass is 15.2. The Bertz CT molecular complexity index is 261. The second-order valence-electron chi connectivity index (χ2n) is 8.12. The molecule has 2 rings (SSSR count). The zero-order chi connectivity index (χ0) is 13.9. The zero-order valence-corrected chi connectivity index (χ0v) is 13.6. The summed E-state index contributed by atoms with van der Waals surface area (Å²) in [7, 11) is 0. The molecule has 0 N–H and O–H groups in total. The molecule has 2 heterocycles. The molecule has 2 aliphatic heterocycles. The first-order chi connectivity index (χ1) is 8.94. The van der Waals surface area contributed by atoms with Gasteiger partial charge >= 0.3 is 0 Å². The molecule has 0 bridgehead atoms. The molecule has 0 aromatic carbocycles. The van der Waals surface area contributed by atoms with E-state index >= 15 is 0 Å². The molecule has 0 aromatic rings. The van der Waals surface area contributed by atoms with Crippen LogP contribution in [0.15, 0.2) is 0 Å². The molecular weight excluding hydrogens is 232 g/mol. The molecule has 2 fully saturated rings. The van der Waals surface area contributed by atoms with Gasteiger partial charge in [0.2, 0.25) is 0 Å². The van der Waals surface area contributed by atoms with Crippen molar-refractivity contribution in [3.8, 4) is 0 Å². The number of nitrogens with zero attached hydrogens (tertiary/aromatic N) is 2. The number of hydrogen-bond acceptors (Lipinski definition) is 2. The molecule has 0 saturated carbocycles. The molecular formula is C17H34N2. The fraction of sp³-hybridized carbons (Fsp3) is 1.00. The van der Waals surface area contributed by atoms with Crippen LogP contribution in [-0.4, -0.2) is 48.6 Å². The maximum Gasteiger partial charge on any atom is 0.00670 e. The quantitative estimate of drug-likeness (QED) is 0.770. The summed E-state index contributed by atoms with van der Waals surface area (Å²) in [5.74, 6) is 0.955. The Kier molecular flexibility index (Phi) is 5.30. The molecule has 0 amide bonds. The van der Waals surface area contributed by atoms with Crippen molar-refractivity contribution in [1.82, 2.24) is 9.80 Å². The second kappa shape index (κ2) is 6.58. The zero-order valence-electron chi connectivity index (χ0n) is 13.6. The van der Waals surface area contributed by atoms with Gasteiger partial charge in [-0.1, -0.05) is 27.2 Å². The minimum absolute atomic E-state index is 0.453. The van der Waals surface area contributed by atoms with Gasteiger partial charge in [0.05, 0.1) is 0 Å². The van der Waals surface area contributed by atoms with E-state index in [0.29, 0.717) is 5.41 Å². The summed E-state index contributed by atoms with van der Waals surface area (Å²) in [6.07, 6.45) is 7.12. The molecule has 1 atom stereocenters. The van der Waals surface area contributed by atoms with Crippen molar-refractivity contribution in [3.05, 3.63) is 0 Å². The van der Waals surface area contributed by atoms with E-state index in [1.165, 1.54) is 64.8 Å². The summed E-state index contributed by atoms with van der Waals surface area (Å²) in [4.78, 5) is 5.43. The standard InChI is InChI=1S/C17H34N2/c1-15-7-5-6-10-19(15)13-16-8-11-18(12-9-16)14-17(2,3)4/h15-16H,5-14H2,1-4H3. The van der Waals surface area contributed by atoms with Crippen molar-refractivity contribution in [2.45, 2.75) is 65.8 Å². The van der Waals surface area contributed by atoms with Gasteiger partial charge in [-0.15, -0.1) is 0 Å². The van der Waals surface area contributed by atoms with Crippen molar-refractivity contribution in [3.63, 3.8) is 0 Å². The third kappa shape index (κ3) is 5.07. The van der Waals surface area contributed by atoms with Crippen molar-refractivity contribution in [2.75, 3.05) is 32.7 Å². The highest BCUT2D eigenvalue weighted by Gasteiger charge is 2.26. The lowest BCUT2D eigenvalue weighted by atomic mass is 9.91. The van der Waals surface area contributed by atoms with Crippen LogP contribution in [0.3, 0.4) is 0 Å². The molecule has 112 valence electrons. The van der Waals surface area contributed by atoms with Crippen molar-refractivity contribution >= 4 is 0 Å². The average Bonchev–Trinajstić information content (AvgIpc) is 2.33. The maximum absolute atomic E-state index is 2.76. The van der Waals surface area contributed by atoms with Gasteiger partial charge in [0.25, 0.3) is 0 Å². The molecule has 0 aliphatic carbocycles. The molecule has 2 nitrogen and oxygen atoms in total. The number of piperidine rings is 2. The summed E-state index contributed by atoms with van der Waals surface area (Å²) in [6.45, 7) is 16.1. The van der Waals surface area contributed by atoms with E-state index in [-0.39, 0.29) is 0 Å². The Morgan fingerprint density at radius 1 is 0.947 bits per heavy atom. The molecule has 0 aromatic heterocycles. The van der Waals surface area contributed by atoms with Crippen LogP contribution < -0.4 is 0 Å². The van der Waals surface area contributed by atoms with Crippen molar-refractivity contribution < 1.29 is 0 Å². The van der Waals surface area contributed by atoms with E-state index in [9.17, 15) is 0 Å². The van der Waals surface area contributed by atoms with Gasteiger partial charge in [-0.25, -0.2) is 0 Å². The second-order valence-corrected chi connectivity index (χ2v) is 8.12.